The number of ether oxygens (including phenoxy) is 3. The molecule has 1 spiro atoms. The molecule has 0 unspecified atom stereocenters. The number of hydrogen-bond donors (Lipinski definition) is 0. The molecule has 2 aliphatic heterocycles. The first-order valence-corrected chi connectivity index (χ1v) is 8.67. The van der Waals surface area contributed by atoms with Gasteiger partial charge in [0.25, 0.3) is 0 Å². The molecule has 0 radical (unpaired) electrons. The third-order valence-electron chi connectivity index (χ3n) is 7.09. The lowest BCUT2D eigenvalue weighted by Crippen LogP contribution is -2.63. The Morgan fingerprint density at radius 2 is 2.17 bits per heavy atom. The van der Waals surface area contributed by atoms with E-state index in [9.17, 15) is 4.79 Å². The number of hydrogen-bond acceptors (Lipinski definition) is 4. The lowest BCUT2D eigenvalue weighted by Gasteiger charge is -2.57. The lowest BCUT2D eigenvalue weighted by molar-refractivity contribution is -0.209. The van der Waals surface area contributed by atoms with Crippen molar-refractivity contribution in [2.75, 3.05) is 6.61 Å². The Hall–Kier alpha value is -1.13. The summed E-state index contributed by atoms with van der Waals surface area (Å²) < 4.78 is 18.3. The van der Waals surface area contributed by atoms with E-state index in [2.05, 4.69) is 26.8 Å². The summed E-state index contributed by atoms with van der Waals surface area (Å²) in [4.78, 5) is 12.1. The Balaban J connectivity index is 1.75. The van der Waals surface area contributed by atoms with E-state index in [-0.39, 0.29) is 40.7 Å². The number of carbonyl (C=O) groups is 1. The summed E-state index contributed by atoms with van der Waals surface area (Å²) in [5, 5.41) is 0. The number of carbonyl (C=O) groups excluding carboxylic acids is 1. The van der Waals surface area contributed by atoms with Crippen LogP contribution in [0.3, 0.4) is 0 Å². The third-order valence-corrected chi connectivity index (χ3v) is 7.09. The summed E-state index contributed by atoms with van der Waals surface area (Å²) in [5.41, 5.74) is 0.850. The molecule has 2 aliphatic carbocycles. The third kappa shape index (κ3) is 1.77. The van der Waals surface area contributed by atoms with Crippen LogP contribution < -0.4 is 0 Å². The molecule has 0 aromatic carbocycles. The second-order valence-corrected chi connectivity index (χ2v) is 8.02. The van der Waals surface area contributed by atoms with Crippen molar-refractivity contribution in [1.82, 2.24) is 0 Å². The standard InChI is InChI=1S/C19H26O4/c1-5-6-16(20)23-14-10-15-19(11-21-19)18(14,4)17(3)8-7-12(2)9-13(17)22-15/h5-6,9,13-15H,7-8,10-11H2,1-4H3/b6-5-/t13-,14-,15-,17+,18-,19+/m1/s1. The van der Waals surface area contributed by atoms with Crippen molar-refractivity contribution in [3.8, 4) is 0 Å². The zero-order valence-corrected chi connectivity index (χ0v) is 14.4. The fourth-order valence-electron chi connectivity index (χ4n) is 5.34. The molecule has 0 aromatic heterocycles. The molecular weight excluding hydrogens is 292 g/mol. The molecular formula is C19H26O4. The van der Waals surface area contributed by atoms with Gasteiger partial charge in [0.2, 0.25) is 0 Å². The van der Waals surface area contributed by atoms with Crippen LogP contribution in [0.15, 0.2) is 23.8 Å². The highest BCUT2D eigenvalue weighted by molar-refractivity contribution is 5.82. The number of rotatable bonds is 2. The molecule has 3 fully saturated rings. The van der Waals surface area contributed by atoms with Crippen LogP contribution in [0.1, 0.15) is 47.0 Å². The van der Waals surface area contributed by atoms with Gasteiger partial charge in [-0.1, -0.05) is 31.6 Å². The number of allylic oxidation sites excluding steroid dienone is 2. The quantitative estimate of drug-likeness (QED) is 0.340. The molecule has 4 rings (SSSR count). The molecule has 2 saturated heterocycles. The molecule has 4 aliphatic rings. The van der Waals surface area contributed by atoms with Gasteiger partial charge in [-0.2, -0.15) is 0 Å². The van der Waals surface area contributed by atoms with Gasteiger partial charge in [0.15, 0.2) is 0 Å². The van der Waals surface area contributed by atoms with E-state index in [4.69, 9.17) is 14.2 Å². The fraction of sp³-hybridized carbons (Fsp3) is 0.737. The highest BCUT2D eigenvalue weighted by Gasteiger charge is 2.81. The summed E-state index contributed by atoms with van der Waals surface area (Å²) in [7, 11) is 0. The van der Waals surface area contributed by atoms with Crippen LogP contribution in [0.25, 0.3) is 0 Å². The smallest absolute Gasteiger partial charge is 0.330 e. The topological polar surface area (TPSA) is 48.1 Å². The minimum absolute atomic E-state index is 0.0242. The van der Waals surface area contributed by atoms with E-state index >= 15 is 0 Å². The number of fused-ring (bicyclic) bond motifs is 2. The maximum absolute atomic E-state index is 12.1. The molecule has 23 heavy (non-hydrogen) atoms. The number of esters is 1. The summed E-state index contributed by atoms with van der Waals surface area (Å²) >= 11 is 0. The van der Waals surface area contributed by atoms with Crippen LogP contribution in [0.4, 0.5) is 0 Å². The molecule has 1 saturated carbocycles. The van der Waals surface area contributed by atoms with E-state index < -0.39 is 0 Å². The van der Waals surface area contributed by atoms with Gasteiger partial charge in [0.05, 0.1) is 18.8 Å². The van der Waals surface area contributed by atoms with Crippen molar-refractivity contribution >= 4 is 5.97 Å². The van der Waals surface area contributed by atoms with Gasteiger partial charge < -0.3 is 14.2 Å². The van der Waals surface area contributed by atoms with Crippen molar-refractivity contribution in [2.45, 2.75) is 70.9 Å². The summed E-state index contributed by atoms with van der Waals surface area (Å²) in [5.74, 6) is -0.259. The van der Waals surface area contributed by atoms with Gasteiger partial charge >= 0.3 is 5.97 Å². The maximum Gasteiger partial charge on any atom is 0.330 e. The monoisotopic (exact) mass is 318 g/mol. The van der Waals surface area contributed by atoms with Crippen LogP contribution in [0.5, 0.6) is 0 Å². The summed E-state index contributed by atoms with van der Waals surface area (Å²) in [6.45, 7) is 9.28. The zero-order chi connectivity index (χ0) is 16.5. The fourth-order valence-corrected chi connectivity index (χ4v) is 5.34. The molecule has 0 amide bonds. The Morgan fingerprint density at radius 1 is 1.43 bits per heavy atom. The molecule has 0 aromatic rings. The Bertz CT molecular complexity index is 602. The Kier molecular flexibility index (Phi) is 3.15. The van der Waals surface area contributed by atoms with Gasteiger partial charge in [-0.25, -0.2) is 4.79 Å². The predicted molar refractivity (Wildman–Crippen MR) is 85.9 cm³/mol. The van der Waals surface area contributed by atoms with Crippen LogP contribution in [-0.2, 0) is 19.0 Å². The van der Waals surface area contributed by atoms with E-state index in [1.165, 1.54) is 11.6 Å². The van der Waals surface area contributed by atoms with Crippen molar-refractivity contribution in [3.63, 3.8) is 0 Å². The van der Waals surface area contributed by atoms with Crippen molar-refractivity contribution in [2.24, 2.45) is 10.8 Å². The van der Waals surface area contributed by atoms with E-state index in [1.807, 2.05) is 6.92 Å². The summed E-state index contributed by atoms with van der Waals surface area (Å²) in [6.07, 6.45) is 8.32. The minimum Gasteiger partial charge on any atom is -0.458 e. The molecule has 4 heteroatoms. The minimum atomic E-state index is -0.266. The van der Waals surface area contributed by atoms with E-state index in [0.717, 1.165) is 25.9 Å². The average molecular weight is 318 g/mol. The van der Waals surface area contributed by atoms with E-state index in [0.29, 0.717) is 0 Å². The first-order valence-electron chi connectivity index (χ1n) is 8.67. The normalized spacial score (nSPS) is 50.8. The molecule has 2 heterocycles. The second kappa shape index (κ2) is 4.70. The predicted octanol–water partition coefficient (Wildman–Crippen LogP) is 3.17. The Labute approximate surface area is 137 Å². The van der Waals surface area contributed by atoms with Gasteiger partial charge in [0.1, 0.15) is 11.7 Å². The highest BCUT2D eigenvalue weighted by Crippen LogP contribution is 2.71. The molecule has 0 N–H and O–H groups in total. The van der Waals surface area contributed by atoms with Crippen LogP contribution in [0, 0.1) is 10.8 Å². The largest absolute Gasteiger partial charge is 0.458 e. The van der Waals surface area contributed by atoms with Gasteiger partial charge in [-0.3, -0.25) is 0 Å². The Morgan fingerprint density at radius 3 is 2.83 bits per heavy atom. The second-order valence-electron chi connectivity index (χ2n) is 8.02. The van der Waals surface area contributed by atoms with Crippen molar-refractivity contribution in [3.05, 3.63) is 23.8 Å². The first kappa shape index (κ1) is 15.4. The van der Waals surface area contributed by atoms with Crippen molar-refractivity contribution < 1.29 is 19.0 Å². The van der Waals surface area contributed by atoms with Crippen LogP contribution in [-0.4, -0.2) is 36.5 Å². The highest BCUT2D eigenvalue weighted by atomic mass is 16.6. The summed E-state index contributed by atoms with van der Waals surface area (Å²) in [6, 6.07) is 0. The van der Waals surface area contributed by atoms with Gasteiger partial charge in [0, 0.05) is 23.3 Å². The van der Waals surface area contributed by atoms with Crippen molar-refractivity contribution in [1.29, 1.82) is 0 Å². The number of epoxide rings is 1. The first-order chi connectivity index (χ1) is 10.9. The van der Waals surface area contributed by atoms with Crippen LogP contribution in [0.2, 0.25) is 0 Å². The SMILES string of the molecule is C/C=C\C(=O)O[C@@H]1C[C@H]2O[C@@H]3C=C(C)CC[C@]3(C)[C@]1(C)[C@]21CO1. The van der Waals surface area contributed by atoms with Gasteiger partial charge in [-0.05, 0) is 26.7 Å². The lowest BCUT2D eigenvalue weighted by atomic mass is 9.52. The molecule has 126 valence electrons. The van der Waals surface area contributed by atoms with Gasteiger partial charge in [-0.15, -0.1) is 0 Å². The average Bonchev–Trinajstić information content (AvgIpc) is 3.26. The van der Waals surface area contributed by atoms with E-state index in [1.54, 1.807) is 6.08 Å². The van der Waals surface area contributed by atoms with Crippen LogP contribution >= 0.6 is 0 Å². The molecule has 2 bridgehead atoms. The molecule has 4 nitrogen and oxygen atoms in total. The zero-order valence-electron chi connectivity index (χ0n) is 14.4. The maximum atomic E-state index is 12.1. The molecule has 6 atom stereocenters.